The largest absolute Gasteiger partial charge is 0.481 e. The highest BCUT2D eigenvalue weighted by molar-refractivity contribution is 5.69. The molecule has 1 atom stereocenters. The number of allylic oxidation sites excluding steroid dienone is 4. The zero-order valence-electron chi connectivity index (χ0n) is 29.9. The van der Waals surface area contributed by atoms with Crippen molar-refractivity contribution in [1.82, 2.24) is 0 Å². The van der Waals surface area contributed by atoms with Crippen molar-refractivity contribution in [3.8, 4) is 0 Å². The van der Waals surface area contributed by atoms with Gasteiger partial charge in [0.15, 0.2) is 0 Å². The normalized spacial score (nSPS) is 12.6. The van der Waals surface area contributed by atoms with E-state index in [-0.39, 0.29) is 18.5 Å². The van der Waals surface area contributed by atoms with E-state index >= 15 is 0 Å². The van der Waals surface area contributed by atoms with Gasteiger partial charge in [0, 0.05) is 12.8 Å². The number of hydrogen-bond acceptors (Lipinski definition) is 3. The molecular weight excluding hydrogens is 556 g/mol. The predicted octanol–water partition coefficient (Wildman–Crippen LogP) is 13.4. The number of carbonyl (C=O) groups excluding carboxylic acids is 1. The third-order valence-electron chi connectivity index (χ3n) is 8.59. The predicted molar refractivity (Wildman–Crippen MR) is 195 cm³/mol. The van der Waals surface area contributed by atoms with Crippen LogP contribution in [0.15, 0.2) is 36.5 Å². The molecule has 0 saturated heterocycles. The smallest absolute Gasteiger partial charge is 0.306 e. The number of carboxylic acid groups (broad SMARTS) is 1. The zero-order chi connectivity index (χ0) is 32.9. The summed E-state index contributed by atoms with van der Waals surface area (Å²) in [6, 6.07) is 0. The summed E-state index contributed by atoms with van der Waals surface area (Å²) in [4.78, 5) is 23.1. The van der Waals surface area contributed by atoms with E-state index in [1.54, 1.807) is 0 Å². The molecule has 0 rings (SSSR count). The average Bonchev–Trinajstić information content (AvgIpc) is 3.02. The number of rotatable bonds is 35. The van der Waals surface area contributed by atoms with Crippen LogP contribution in [0.25, 0.3) is 0 Å². The summed E-state index contributed by atoms with van der Waals surface area (Å²) in [5.74, 6) is -0.849. The van der Waals surface area contributed by atoms with E-state index in [9.17, 15) is 9.59 Å². The molecule has 0 aromatic carbocycles. The van der Waals surface area contributed by atoms with Crippen LogP contribution in [-0.4, -0.2) is 23.1 Å². The second kappa shape index (κ2) is 36.6. The quantitative estimate of drug-likeness (QED) is 0.0430. The molecule has 4 nitrogen and oxygen atoms in total. The fraction of sp³-hybridized carbons (Fsp3) is 0.805. The molecule has 0 aromatic rings. The van der Waals surface area contributed by atoms with Gasteiger partial charge in [0.05, 0.1) is 0 Å². The van der Waals surface area contributed by atoms with Crippen LogP contribution in [0.3, 0.4) is 0 Å². The van der Waals surface area contributed by atoms with E-state index in [0.29, 0.717) is 12.8 Å². The van der Waals surface area contributed by atoms with Gasteiger partial charge in [0.2, 0.25) is 0 Å². The number of carboxylic acids is 1. The highest BCUT2D eigenvalue weighted by Crippen LogP contribution is 2.16. The molecule has 0 aliphatic carbocycles. The van der Waals surface area contributed by atoms with E-state index in [2.05, 4.69) is 38.2 Å². The second-order valence-electron chi connectivity index (χ2n) is 13.1. The van der Waals surface area contributed by atoms with Crippen molar-refractivity contribution < 1.29 is 19.4 Å². The number of carbonyl (C=O) groups is 2. The average molecular weight is 631 g/mol. The Balaban J connectivity index is 3.74. The summed E-state index contributed by atoms with van der Waals surface area (Å²) >= 11 is 0. The van der Waals surface area contributed by atoms with Crippen LogP contribution in [0.1, 0.15) is 206 Å². The maximum atomic E-state index is 12.5. The van der Waals surface area contributed by atoms with Crippen molar-refractivity contribution in [3.63, 3.8) is 0 Å². The second-order valence-corrected chi connectivity index (χ2v) is 13.1. The van der Waals surface area contributed by atoms with Crippen molar-refractivity contribution >= 4 is 11.9 Å². The molecular formula is C41H74O4. The molecule has 0 saturated carbocycles. The summed E-state index contributed by atoms with van der Waals surface area (Å²) in [5.41, 5.74) is 0. The molecule has 0 aromatic heterocycles. The van der Waals surface area contributed by atoms with Gasteiger partial charge >= 0.3 is 11.9 Å². The maximum Gasteiger partial charge on any atom is 0.306 e. The minimum atomic E-state index is -0.731. The SMILES string of the molecule is CC/C=C\C/C=C\C(/C=C\CCCCCC(=O)O)OC(=O)CCCCCCCCCCCCCCCCCCCCCCCC. The molecule has 1 unspecified atom stereocenters. The lowest BCUT2D eigenvalue weighted by molar-refractivity contribution is -0.145. The van der Waals surface area contributed by atoms with E-state index in [4.69, 9.17) is 9.84 Å². The lowest BCUT2D eigenvalue weighted by atomic mass is 10.0. The minimum absolute atomic E-state index is 0.118. The Morgan fingerprint density at radius 1 is 0.511 bits per heavy atom. The zero-order valence-corrected chi connectivity index (χ0v) is 29.9. The van der Waals surface area contributed by atoms with Gasteiger partial charge in [0.25, 0.3) is 0 Å². The molecule has 4 heteroatoms. The van der Waals surface area contributed by atoms with Crippen molar-refractivity contribution in [2.24, 2.45) is 0 Å². The summed E-state index contributed by atoms with van der Waals surface area (Å²) in [7, 11) is 0. The van der Waals surface area contributed by atoms with Gasteiger partial charge in [-0.2, -0.15) is 0 Å². The molecule has 0 spiro atoms. The van der Waals surface area contributed by atoms with Gasteiger partial charge in [-0.05, 0) is 50.7 Å². The standard InChI is InChI=1S/C41H74O4/c1-3-5-7-9-10-11-12-13-14-15-16-17-18-19-20-21-22-23-24-25-30-34-38-41(44)45-39(35-31-27-8-6-4-2)36-32-28-26-29-33-37-40(42)43/h6,8,31-32,35-36,39H,3-5,7,9-30,33-34,37-38H2,1-2H3,(H,42,43)/b8-6-,35-31-,36-32-. The van der Waals surface area contributed by atoms with Crippen LogP contribution in [0.4, 0.5) is 0 Å². The monoisotopic (exact) mass is 631 g/mol. The Morgan fingerprint density at radius 2 is 0.933 bits per heavy atom. The Kier molecular flexibility index (Phi) is 35.1. The number of hydrogen-bond donors (Lipinski definition) is 1. The van der Waals surface area contributed by atoms with E-state index in [1.165, 1.54) is 128 Å². The van der Waals surface area contributed by atoms with Crippen LogP contribution < -0.4 is 0 Å². The number of esters is 1. The lowest BCUT2D eigenvalue weighted by Gasteiger charge is -2.11. The third-order valence-corrected chi connectivity index (χ3v) is 8.59. The van der Waals surface area contributed by atoms with Crippen LogP contribution in [0, 0.1) is 0 Å². The molecule has 0 fully saturated rings. The summed E-state index contributed by atoms with van der Waals surface area (Å²) in [6.45, 7) is 4.41. The molecule has 0 heterocycles. The van der Waals surface area contributed by atoms with Crippen LogP contribution >= 0.6 is 0 Å². The van der Waals surface area contributed by atoms with E-state index in [0.717, 1.165) is 44.9 Å². The molecule has 0 aliphatic rings. The maximum absolute atomic E-state index is 12.5. The van der Waals surface area contributed by atoms with Gasteiger partial charge in [-0.1, -0.05) is 179 Å². The number of aliphatic carboxylic acids is 1. The minimum Gasteiger partial charge on any atom is -0.481 e. The van der Waals surface area contributed by atoms with Crippen molar-refractivity contribution in [3.05, 3.63) is 36.5 Å². The summed E-state index contributed by atoms with van der Waals surface area (Å²) < 4.78 is 5.75. The van der Waals surface area contributed by atoms with Gasteiger partial charge in [0.1, 0.15) is 6.10 Å². The highest BCUT2D eigenvalue weighted by Gasteiger charge is 2.08. The molecule has 262 valence electrons. The van der Waals surface area contributed by atoms with Crippen LogP contribution in [0.5, 0.6) is 0 Å². The third kappa shape index (κ3) is 36.5. The first-order valence-electron chi connectivity index (χ1n) is 19.5. The van der Waals surface area contributed by atoms with Gasteiger partial charge in [-0.15, -0.1) is 0 Å². The first-order chi connectivity index (χ1) is 22.1. The molecule has 0 amide bonds. The van der Waals surface area contributed by atoms with Gasteiger partial charge < -0.3 is 9.84 Å². The Morgan fingerprint density at radius 3 is 1.40 bits per heavy atom. The molecule has 0 bridgehead atoms. The lowest BCUT2D eigenvalue weighted by Crippen LogP contribution is -2.13. The number of ether oxygens (including phenoxy) is 1. The first-order valence-corrected chi connectivity index (χ1v) is 19.5. The molecule has 1 N–H and O–H groups in total. The molecule has 0 aliphatic heterocycles. The van der Waals surface area contributed by atoms with E-state index < -0.39 is 5.97 Å². The van der Waals surface area contributed by atoms with Crippen molar-refractivity contribution in [1.29, 1.82) is 0 Å². The molecule has 0 radical (unpaired) electrons. The Labute approximate surface area is 279 Å². The van der Waals surface area contributed by atoms with Gasteiger partial charge in [-0.3, -0.25) is 9.59 Å². The Bertz CT molecular complexity index is 723. The highest BCUT2D eigenvalue weighted by atomic mass is 16.5. The van der Waals surface area contributed by atoms with E-state index in [1.807, 2.05) is 12.2 Å². The van der Waals surface area contributed by atoms with Crippen molar-refractivity contribution in [2.75, 3.05) is 0 Å². The number of unbranched alkanes of at least 4 members (excludes halogenated alkanes) is 24. The first kappa shape index (κ1) is 43.2. The van der Waals surface area contributed by atoms with Gasteiger partial charge in [-0.25, -0.2) is 0 Å². The fourth-order valence-corrected chi connectivity index (χ4v) is 5.73. The van der Waals surface area contributed by atoms with Crippen LogP contribution in [-0.2, 0) is 14.3 Å². The summed E-state index contributed by atoms with van der Waals surface area (Å²) in [6.07, 6.45) is 48.0. The fourth-order valence-electron chi connectivity index (χ4n) is 5.73. The van der Waals surface area contributed by atoms with Crippen molar-refractivity contribution in [2.45, 2.75) is 213 Å². The molecule has 45 heavy (non-hydrogen) atoms. The topological polar surface area (TPSA) is 63.6 Å². The summed E-state index contributed by atoms with van der Waals surface area (Å²) in [5, 5.41) is 8.75. The van der Waals surface area contributed by atoms with Crippen LogP contribution in [0.2, 0.25) is 0 Å². The Hall–Kier alpha value is -1.84.